The van der Waals surface area contributed by atoms with Gasteiger partial charge >= 0.3 is 0 Å². The van der Waals surface area contributed by atoms with Crippen LogP contribution in [-0.2, 0) is 6.61 Å². The number of halogens is 2. The Balaban J connectivity index is 2.18. The second kappa shape index (κ2) is 6.00. The van der Waals surface area contributed by atoms with Crippen molar-refractivity contribution in [2.45, 2.75) is 13.5 Å². The lowest BCUT2D eigenvalue weighted by Crippen LogP contribution is -2.01. The molecule has 0 aliphatic rings. The van der Waals surface area contributed by atoms with Crippen LogP contribution in [0.5, 0.6) is 5.75 Å². The fourth-order valence-corrected chi connectivity index (χ4v) is 2.05. The van der Waals surface area contributed by atoms with Crippen LogP contribution >= 0.6 is 15.9 Å². The highest BCUT2D eigenvalue weighted by Crippen LogP contribution is 2.25. The molecule has 6 heteroatoms. The summed E-state index contributed by atoms with van der Waals surface area (Å²) in [4.78, 5) is 10.5. The van der Waals surface area contributed by atoms with Gasteiger partial charge in [0.1, 0.15) is 18.2 Å². The zero-order chi connectivity index (χ0) is 14.7. The summed E-state index contributed by atoms with van der Waals surface area (Å²) in [5.74, 6) is 0.160. The smallest absolute Gasteiger partial charge is 0.277 e. The largest absolute Gasteiger partial charge is 0.489 e. The molecule has 0 fully saturated rings. The molecule has 0 spiro atoms. The molecule has 104 valence electrons. The van der Waals surface area contributed by atoms with E-state index in [9.17, 15) is 14.5 Å². The van der Waals surface area contributed by atoms with E-state index in [-0.39, 0.29) is 18.1 Å². The molecule has 0 aliphatic heterocycles. The molecule has 0 atom stereocenters. The predicted molar refractivity (Wildman–Crippen MR) is 76.3 cm³/mol. The molecule has 0 heterocycles. The van der Waals surface area contributed by atoms with Crippen molar-refractivity contribution in [2.24, 2.45) is 0 Å². The standard InChI is InChI=1S/C14H11BrFNO3/c1-9-6-12(4-5-13(9)16)20-8-10-2-3-11(15)7-14(10)17(18)19/h2-7H,8H2,1H3. The summed E-state index contributed by atoms with van der Waals surface area (Å²) in [6, 6.07) is 9.11. The van der Waals surface area contributed by atoms with Gasteiger partial charge in [0, 0.05) is 10.5 Å². The number of nitrogens with zero attached hydrogens (tertiary/aromatic N) is 1. The molecule has 0 amide bonds. The Kier molecular flexibility index (Phi) is 4.34. The second-order valence-electron chi connectivity index (χ2n) is 4.23. The molecule has 0 radical (unpaired) electrons. The summed E-state index contributed by atoms with van der Waals surface area (Å²) in [6.07, 6.45) is 0. The first-order chi connectivity index (χ1) is 9.47. The minimum Gasteiger partial charge on any atom is -0.489 e. The van der Waals surface area contributed by atoms with Gasteiger partial charge in [-0.05, 0) is 42.8 Å². The summed E-state index contributed by atoms with van der Waals surface area (Å²) in [5, 5.41) is 11.0. The first-order valence-electron chi connectivity index (χ1n) is 5.79. The van der Waals surface area contributed by atoms with Crippen LogP contribution in [0.3, 0.4) is 0 Å². The number of hydrogen-bond acceptors (Lipinski definition) is 3. The van der Waals surface area contributed by atoms with E-state index in [0.29, 0.717) is 21.3 Å². The van der Waals surface area contributed by atoms with E-state index < -0.39 is 4.92 Å². The summed E-state index contributed by atoms with van der Waals surface area (Å²) < 4.78 is 19.2. The fourth-order valence-electron chi connectivity index (χ4n) is 1.70. The van der Waals surface area contributed by atoms with Crippen LogP contribution < -0.4 is 4.74 Å². The summed E-state index contributed by atoms with van der Waals surface area (Å²) in [7, 11) is 0. The predicted octanol–water partition coefficient (Wildman–Crippen LogP) is 4.38. The first-order valence-corrected chi connectivity index (χ1v) is 6.58. The number of nitro groups is 1. The topological polar surface area (TPSA) is 52.4 Å². The number of ether oxygens (including phenoxy) is 1. The molecule has 0 aromatic heterocycles. The van der Waals surface area contributed by atoms with E-state index in [1.165, 1.54) is 18.2 Å². The Morgan fingerprint density at radius 1 is 1.30 bits per heavy atom. The van der Waals surface area contributed by atoms with Gasteiger partial charge in [-0.25, -0.2) is 4.39 Å². The molecule has 0 saturated carbocycles. The zero-order valence-electron chi connectivity index (χ0n) is 10.6. The Morgan fingerprint density at radius 2 is 2.05 bits per heavy atom. The Bertz CT molecular complexity index is 661. The van der Waals surface area contributed by atoms with Crippen molar-refractivity contribution in [2.75, 3.05) is 0 Å². The van der Waals surface area contributed by atoms with E-state index in [2.05, 4.69) is 15.9 Å². The molecule has 0 aliphatic carbocycles. The maximum absolute atomic E-state index is 13.1. The van der Waals surface area contributed by atoms with Crippen LogP contribution in [0.2, 0.25) is 0 Å². The number of nitro benzene ring substituents is 1. The molecule has 4 nitrogen and oxygen atoms in total. The Morgan fingerprint density at radius 3 is 2.70 bits per heavy atom. The molecule has 0 N–H and O–H groups in total. The van der Waals surface area contributed by atoms with Crippen LogP contribution in [-0.4, -0.2) is 4.92 Å². The average Bonchev–Trinajstić information content (AvgIpc) is 2.41. The molecular formula is C14H11BrFNO3. The highest BCUT2D eigenvalue weighted by Gasteiger charge is 2.14. The summed E-state index contributed by atoms with van der Waals surface area (Å²) >= 11 is 3.19. The highest BCUT2D eigenvalue weighted by atomic mass is 79.9. The summed E-state index contributed by atoms with van der Waals surface area (Å²) in [5.41, 5.74) is 0.909. The van der Waals surface area contributed by atoms with Crippen molar-refractivity contribution >= 4 is 21.6 Å². The van der Waals surface area contributed by atoms with Gasteiger partial charge in [0.25, 0.3) is 5.69 Å². The maximum atomic E-state index is 13.1. The van der Waals surface area contributed by atoms with E-state index >= 15 is 0 Å². The van der Waals surface area contributed by atoms with E-state index in [4.69, 9.17) is 4.74 Å². The highest BCUT2D eigenvalue weighted by molar-refractivity contribution is 9.10. The Labute approximate surface area is 123 Å². The van der Waals surface area contributed by atoms with Gasteiger partial charge in [-0.3, -0.25) is 10.1 Å². The van der Waals surface area contributed by atoms with Crippen molar-refractivity contribution in [3.05, 3.63) is 67.9 Å². The molecule has 2 aromatic rings. The van der Waals surface area contributed by atoms with Crippen molar-refractivity contribution in [1.82, 2.24) is 0 Å². The van der Waals surface area contributed by atoms with Crippen LogP contribution in [0.15, 0.2) is 40.9 Å². The maximum Gasteiger partial charge on any atom is 0.277 e. The van der Waals surface area contributed by atoms with Gasteiger partial charge in [-0.2, -0.15) is 0 Å². The lowest BCUT2D eigenvalue weighted by Gasteiger charge is -2.08. The van der Waals surface area contributed by atoms with Gasteiger partial charge < -0.3 is 4.74 Å². The van der Waals surface area contributed by atoms with E-state index in [1.807, 2.05) is 0 Å². The molecule has 2 aromatic carbocycles. The van der Waals surface area contributed by atoms with E-state index in [1.54, 1.807) is 25.1 Å². The van der Waals surface area contributed by atoms with Crippen LogP contribution in [0.1, 0.15) is 11.1 Å². The van der Waals surface area contributed by atoms with Crippen molar-refractivity contribution < 1.29 is 14.1 Å². The van der Waals surface area contributed by atoms with Gasteiger partial charge in [0.05, 0.1) is 10.5 Å². The lowest BCUT2D eigenvalue weighted by atomic mass is 10.2. The fraction of sp³-hybridized carbons (Fsp3) is 0.143. The first kappa shape index (κ1) is 14.5. The third-order valence-corrected chi connectivity index (χ3v) is 3.26. The molecular weight excluding hydrogens is 329 g/mol. The normalized spacial score (nSPS) is 10.3. The van der Waals surface area contributed by atoms with Gasteiger partial charge in [-0.1, -0.05) is 15.9 Å². The van der Waals surface area contributed by atoms with Crippen molar-refractivity contribution in [1.29, 1.82) is 0 Å². The zero-order valence-corrected chi connectivity index (χ0v) is 12.2. The minimum absolute atomic E-state index is 0.0155. The Hall–Kier alpha value is -1.95. The molecule has 20 heavy (non-hydrogen) atoms. The third-order valence-electron chi connectivity index (χ3n) is 2.77. The quantitative estimate of drug-likeness (QED) is 0.613. The van der Waals surface area contributed by atoms with Crippen LogP contribution in [0.4, 0.5) is 10.1 Å². The number of aryl methyl sites for hydroxylation is 1. The van der Waals surface area contributed by atoms with Gasteiger partial charge in [-0.15, -0.1) is 0 Å². The van der Waals surface area contributed by atoms with Gasteiger partial charge in [0.15, 0.2) is 0 Å². The molecule has 0 unspecified atom stereocenters. The molecule has 0 saturated heterocycles. The average molecular weight is 340 g/mol. The SMILES string of the molecule is Cc1cc(OCc2ccc(Br)cc2[N+](=O)[O-])ccc1F. The van der Waals surface area contributed by atoms with Crippen molar-refractivity contribution in [3.8, 4) is 5.75 Å². The van der Waals surface area contributed by atoms with E-state index in [0.717, 1.165) is 0 Å². The van der Waals surface area contributed by atoms with Crippen LogP contribution in [0, 0.1) is 22.9 Å². The molecule has 2 rings (SSSR count). The second-order valence-corrected chi connectivity index (χ2v) is 5.15. The number of hydrogen-bond donors (Lipinski definition) is 0. The van der Waals surface area contributed by atoms with Gasteiger partial charge in [0.2, 0.25) is 0 Å². The summed E-state index contributed by atoms with van der Waals surface area (Å²) in [6.45, 7) is 1.68. The third kappa shape index (κ3) is 3.33. The van der Waals surface area contributed by atoms with Crippen molar-refractivity contribution in [3.63, 3.8) is 0 Å². The lowest BCUT2D eigenvalue weighted by molar-refractivity contribution is -0.385. The molecule has 0 bridgehead atoms. The number of benzene rings is 2. The number of rotatable bonds is 4. The minimum atomic E-state index is -0.459. The monoisotopic (exact) mass is 339 g/mol. The van der Waals surface area contributed by atoms with Crippen LogP contribution in [0.25, 0.3) is 0 Å².